The average Bonchev–Trinajstić information content (AvgIpc) is 3.89. The van der Waals surface area contributed by atoms with E-state index in [1.165, 1.54) is 65.7 Å². The molecule has 0 unspecified atom stereocenters. The summed E-state index contributed by atoms with van der Waals surface area (Å²) in [6, 6.07) is 57.5. The van der Waals surface area contributed by atoms with Crippen LogP contribution in [0.4, 0.5) is 0 Å². The van der Waals surface area contributed by atoms with Crippen molar-refractivity contribution in [2.24, 2.45) is 0 Å². The third-order valence-corrected chi connectivity index (χ3v) is 10.8. The second kappa shape index (κ2) is 9.06. The minimum Gasteiger partial charge on any atom is -0.455 e. The van der Waals surface area contributed by atoms with Crippen LogP contribution in [0, 0.1) is 0 Å². The molecular formula is C46H26N2O. The molecule has 1 aliphatic rings. The van der Waals surface area contributed by atoms with Crippen LogP contribution < -0.4 is 0 Å². The summed E-state index contributed by atoms with van der Waals surface area (Å²) in [7, 11) is 0. The number of nitrogens with zero attached hydrogens (tertiary/aromatic N) is 2. The van der Waals surface area contributed by atoms with Gasteiger partial charge in [-0.2, -0.15) is 0 Å². The Hall–Kier alpha value is -6.58. The van der Waals surface area contributed by atoms with E-state index in [0.29, 0.717) is 0 Å². The number of rotatable bonds is 2. The van der Waals surface area contributed by atoms with Crippen LogP contribution in [-0.2, 0) is 0 Å². The predicted octanol–water partition coefficient (Wildman–Crippen LogP) is 12.6. The summed E-state index contributed by atoms with van der Waals surface area (Å²) in [5.41, 5.74) is 14.0. The maximum atomic E-state index is 6.70. The van der Waals surface area contributed by atoms with Gasteiger partial charge in [-0.15, -0.1) is 0 Å². The zero-order valence-corrected chi connectivity index (χ0v) is 26.3. The van der Waals surface area contributed by atoms with Gasteiger partial charge in [0.05, 0.1) is 27.5 Å². The normalized spacial score (nSPS) is 12.5. The molecule has 3 heteroatoms. The summed E-state index contributed by atoms with van der Waals surface area (Å²) in [6.45, 7) is 0. The lowest BCUT2D eigenvalue weighted by atomic mass is 10.0. The fourth-order valence-corrected chi connectivity index (χ4v) is 8.85. The van der Waals surface area contributed by atoms with E-state index in [2.05, 4.69) is 161 Å². The van der Waals surface area contributed by atoms with E-state index in [1.54, 1.807) is 0 Å². The molecule has 12 rings (SSSR count). The van der Waals surface area contributed by atoms with Crippen LogP contribution >= 0.6 is 0 Å². The van der Waals surface area contributed by atoms with Gasteiger partial charge in [-0.05, 0) is 81.6 Å². The Labute approximate surface area is 280 Å². The van der Waals surface area contributed by atoms with Crippen LogP contribution in [0.25, 0.3) is 110 Å². The highest BCUT2D eigenvalue weighted by atomic mass is 16.3. The smallest absolute Gasteiger partial charge is 0.145 e. The number of benzene rings is 8. The lowest BCUT2D eigenvalue weighted by Gasteiger charge is -2.14. The van der Waals surface area contributed by atoms with Crippen molar-refractivity contribution < 1.29 is 4.42 Å². The number of para-hydroxylation sites is 3. The van der Waals surface area contributed by atoms with Gasteiger partial charge in [-0.1, -0.05) is 109 Å². The molecule has 1 aliphatic carbocycles. The van der Waals surface area contributed by atoms with E-state index < -0.39 is 0 Å². The molecule has 3 heterocycles. The van der Waals surface area contributed by atoms with Gasteiger partial charge in [0.2, 0.25) is 0 Å². The Morgan fingerprint density at radius 2 is 1.06 bits per heavy atom. The molecule has 0 saturated heterocycles. The summed E-state index contributed by atoms with van der Waals surface area (Å²) in [5.74, 6) is 0. The Morgan fingerprint density at radius 1 is 0.367 bits per heavy atom. The number of fused-ring (bicyclic) bond motifs is 14. The molecule has 3 aromatic heterocycles. The van der Waals surface area contributed by atoms with Crippen molar-refractivity contribution in [1.82, 2.24) is 9.13 Å². The Morgan fingerprint density at radius 3 is 1.94 bits per heavy atom. The molecule has 0 amide bonds. The fraction of sp³-hybridized carbons (Fsp3) is 0. The van der Waals surface area contributed by atoms with Gasteiger partial charge in [-0.3, -0.25) is 0 Å². The number of aromatic nitrogens is 2. The van der Waals surface area contributed by atoms with Crippen molar-refractivity contribution in [3.63, 3.8) is 0 Å². The first-order chi connectivity index (χ1) is 24.3. The van der Waals surface area contributed by atoms with Crippen LogP contribution in [0.3, 0.4) is 0 Å². The van der Waals surface area contributed by atoms with E-state index in [1.807, 2.05) is 6.07 Å². The van der Waals surface area contributed by atoms with E-state index in [-0.39, 0.29) is 0 Å². The molecule has 11 aromatic rings. The molecule has 0 spiro atoms. The Kier molecular flexibility index (Phi) is 4.72. The summed E-state index contributed by atoms with van der Waals surface area (Å²) in [4.78, 5) is 0. The molecule has 0 radical (unpaired) electrons. The lowest BCUT2D eigenvalue weighted by Crippen LogP contribution is -1.99. The van der Waals surface area contributed by atoms with E-state index in [0.717, 1.165) is 44.2 Å². The third-order valence-electron chi connectivity index (χ3n) is 10.8. The maximum Gasteiger partial charge on any atom is 0.145 e. The first-order valence-corrected chi connectivity index (χ1v) is 16.9. The monoisotopic (exact) mass is 622 g/mol. The topological polar surface area (TPSA) is 23.0 Å². The molecule has 226 valence electrons. The van der Waals surface area contributed by atoms with Crippen LogP contribution in [0.1, 0.15) is 0 Å². The molecule has 0 saturated carbocycles. The lowest BCUT2D eigenvalue weighted by molar-refractivity contribution is 0.673. The molecular weight excluding hydrogens is 597 g/mol. The van der Waals surface area contributed by atoms with Crippen molar-refractivity contribution in [1.29, 1.82) is 0 Å². The van der Waals surface area contributed by atoms with Crippen molar-refractivity contribution in [3.05, 3.63) is 158 Å². The van der Waals surface area contributed by atoms with Gasteiger partial charge < -0.3 is 13.6 Å². The van der Waals surface area contributed by atoms with Gasteiger partial charge >= 0.3 is 0 Å². The Balaban J connectivity index is 1.27. The van der Waals surface area contributed by atoms with Crippen LogP contribution in [-0.4, -0.2) is 9.13 Å². The SMILES string of the molecule is c1ccc(-n2c3ccc4c5ccccc5oc4c3c3ccc4c5ccccc5n(-c5ccc6c(c5)-c5cccc7cccc-6c57)c4c32)cc1. The highest BCUT2D eigenvalue weighted by Crippen LogP contribution is 2.49. The third kappa shape index (κ3) is 3.17. The first-order valence-electron chi connectivity index (χ1n) is 16.9. The molecule has 0 N–H and O–H groups in total. The maximum absolute atomic E-state index is 6.70. The van der Waals surface area contributed by atoms with Gasteiger partial charge in [-0.25, -0.2) is 0 Å². The summed E-state index contributed by atoms with van der Waals surface area (Å²) in [5, 5.41) is 9.71. The second-order valence-electron chi connectivity index (χ2n) is 13.3. The van der Waals surface area contributed by atoms with Crippen molar-refractivity contribution in [2.45, 2.75) is 0 Å². The minimum absolute atomic E-state index is 0.912. The van der Waals surface area contributed by atoms with E-state index >= 15 is 0 Å². The average molecular weight is 623 g/mol. The van der Waals surface area contributed by atoms with Crippen LogP contribution in [0.5, 0.6) is 0 Å². The number of furan rings is 1. The van der Waals surface area contributed by atoms with Crippen molar-refractivity contribution in [3.8, 4) is 33.6 Å². The quantitative estimate of drug-likeness (QED) is 0.188. The largest absolute Gasteiger partial charge is 0.455 e. The highest BCUT2D eigenvalue weighted by Gasteiger charge is 2.26. The fourth-order valence-electron chi connectivity index (χ4n) is 8.85. The summed E-state index contributed by atoms with van der Waals surface area (Å²) < 4.78 is 11.6. The van der Waals surface area contributed by atoms with E-state index in [4.69, 9.17) is 4.42 Å². The number of hydrogen-bond donors (Lipinski definition) is 0. The molecule has 3 nitrogen and oxygen atoms in total. The molecule has 49 heavy (non-hydrogen) atoms. The molecule has 0 bridgehead atoms. The minimum atomic E-state index is 0.912. The standard InChI is InChI=1S/C46H26N2O/c1-2-12-28(13-3-1)47-40-25-24-36-32-15-5-7-19-41(32)49-46(36)43(40)37-23-22-35-31-14-4-6-18-39(31)48(44(35)45(37)47)29-20-21-30-33-16-8-10-27-11-9-17-34(42(27)33)38(30)26-29/h1-26H. The van der Waals surface area contributed by atoms with Crippen molar-refractivity contribution in [2.75, 3.05) is 0 Å². The summed E-state index contributed by atoms with van der Waals surface area (Å²) >= 11 is 0. The Bertz CT molecular complexity index is 3200. The van der Waals surface area contributed by atoms with Crippen LogP contribution in [0.2, 0.25) is 0 Å². The first kappa shape index (κ1) is 25.5. The number of hydrogen-bond acceptors (Lipinski definition) is 1. The zero-order valence-electron chi connectivity index (χ0n) is 26.3. The van der Waals surface area contributed by atoms with Gasteiger partial charge in [0.25, 0.3) is 0 Å². The highest BCUT2D eigenvalue weighted by molar-refractivity contribution is 6.29. The van der Waals surface area contributed by atoms with Crippen LogP contribution in [0.15, 0.2) is 162 Å². The second-order valence-corrected chi connectivity index (χ2v) is 13.3. The van der Waals surface area contributed by atoms with E-state index in [9.17, 15) is 0 Å². The zero-order chi connectivity index (χ0) is 31.8. The summed E-state index contributed by atoms with van der Waals surface area (Å²) in [6.07, 6.45) is 0. The molecule has 0 aliphatic heterocycles. The van der Waals surface area contributed by atoms with Crippen molar-refractivity contribution >= 4 is 76.3 Å². The molecule has 0 atom stereocenters. The van der Waals surface area contributed by atoms with Gasteiger partial charge in [0.1, 0.15) is 11.2 Å². The van der Waals surface area contributed by atoms with Gasteiger partial charge in [0, 0.05) is 38.3 Å². The molecule has 8 aromatic carbocycles. The van der Waals surface area contributed by atoms with Gasteiger partial charge in [0.15, 0.2) is 0 Å². The molecule has 0 fully saturated rings. The predicted molar refractivity (Wildman–Crippen MR) is 204 cm³/mol.